The minimum atomic E-state index is -0.398. The molecule has 1 rings (SSSR count). The molecule has 0 bridgehead atoms. The van der Waals surface area contributed by atoms with Crippen LogP contribution < -0.4 is 4.74 Å². The number of hydrogen-bond acceptors (Lipinski definition) is 3. The molecule has 0 unspecified atom stereocenters. The second kappa shape index (κ2) is 7.50. The predicted octanol–water partition coefficient (Wildman–Crippen LogP) is 2.14. The van der Waals surface area contributed by atoms with Gasteiger partial charge in [-0.05, 0) is 29.8 Å². The summed E-state index contributed by atoms with van der Waals surface area (Å²) in [6.07, 6.45) is 4.53. The van der Waals surface area contributed by atoms with E-state index >= 15 is 0 Å². The van der Waals surface area contributed by atoms with Gasteiger partial charge < -0.3 is 9.47 Å². The Bertz CT molecular complexity index is 404. The number of hydrogen-bond donors (Lipinski definition) is 0. The van der Waals surface area contributed by atoms with Crippen LogP contribution in [0.2, 0.25) is 5.54 Å². The first kappa shape index (κ1) is 14.2. The lowest BCUT2D eigenvalue weighted by Gasteiger charge is -2.09. The predicted molar refractivity (Wildman–Crippen MR) is 76.0 cm³/mol. The zero-order chi connectivity index (χ0) is 13.4. The van der Waals surface area contributed by atoms with Crippen molar-refractivity contribution in [3.8, 4) is 5.75 Å². The number of ether oxygens (including phenoxy) is 2. The minimum Gasteiger partial charge on any atom is -0.498 e. The Balaban J connectivity index is 2.46. The third-order valence-electron chi connectivity index (χ3n) is 2.60. The first-order valence-electron chi connectivity index (χ1n) is 5.77. The number of carbonyl (C=O) groups is 1. The summed E-state index contributed by atoms with van der Waals surface area (Å²) in [5, 5.41) is 0. The Morgan fingerprint density at radius 1 is 1.33 bits per heavy atom. The fourth-order valence-corrected chi connectivity index (χ4v) is 2.55. The van der Waals surface area contributed by atoms with Crippen LogP contribution in [0, 0.1) is 0 Å². The number of methoxy groups -OCH3 is 1. The topological polar surface area (TPSA) is 35.5 Å². The van der Waals surface area contributed by atoms with E-state index in [0.29, 0.717) is 11.1 Å². The number of carbonyl (C=O) groups excluding carboxylic acids is 1. The summed E-state index contributed by atoms with van der Waals surface area (Å²) in [6, 6.07) is 6.94. The molecule has 0 heterocycles. The summed E-state index contributed by atoms with van der Waals surface area (Å²) in [4.78, 5) is 11.2. The van der Waals surface area contributed by atoms with Crippen LogP contribution in [0.1, 0.15) is 10.4 Å². The van der Waals surface area contributed by atoms with Gasteiger partial charge in [-0.3, -0.25) is 0 Å². The van der Waals surface area contributed by atoms with Gasteiger partial charge in [-0.25, -0.2) is 4.79 Å². The first-order chi connectivity index (χ1) is 8.71. The van der Waals surface area contributed by atoms with Crippen LogP contribution in [-0.4, -0.2) is 28.8 Å². The molecule has 0 aliphatic heterocycles. The van der Waals surface area contributed by atoms with E-state index in [1.807, 2.05) is 12.2 Å². The van der Waals surface area contributed by atoms with Crippen molar-refractivity contribution >= 4 is 15.5 Å². The van der Waals surface area contributed by atoms with E-state index in [-0.39, 0.29) is 5.97 Å². The van der Waals surface area contributed by atoms with Gasteiger partial charge in [0.15, 0.2) is 0 Å². The monoisotopic (exact) mass is 262 g/mol. The smallest absolute Gasteiger partial charge is 0.337 e. The minimum absolute atomic E-state index is 0.339. The van der Waals surface area contributed by atoms with Crippen molar-refractivity contribution in [3.05, 3.63) is 55.1 Å². The molecular formula is C14H18O3Si. The highest BCUT2D eigenvalue weighted by molar-refractivity contribution is 6.39. The summed E-state index contributed by atoms with van der Waals surface area (Å²) >= 11 is 0. The summed E-state index contributed by atoms with van der Waals surface area (Å²) in [6.45, 7) is 7.51. The molecule has 3 nitrogen and oxygen atoms in total. The van der Waals surface area contributed by atoms with Gasteiger partial charge in [0.25, 0.3) is 0 Å². The lowest BCUT2D eigenvalue weighted by atomic mass is 10.2. The molecule has 0 radical (unpaired) electrons. The molecule has 0 aliphatic carbocycles. The van der Waals surface area contributed by atoms with Crippen LogP contribution in [-0.2, 0) is 4.74 Å². The molecule has 18 heavy (non-hydrogen) atoms. The van der Waals surface area contributed by atoms with Gasteiger partial charge >= 0.3 is 5.97 Å². The molecule has 1 aromatic carbocycles. The highest BCUT2D eigenvalue weighted by Gasteiger charge is 2.05. The van der Waals surface area contributed by atoms with E-state index in [2.05, 4.69) is 17.9 Å². The third kappa shape index (κ3) is 4.22. The Labute approximate surface area is 110 Å². The Morgan fingerprint density at radius 2 is 1.94 bits per heavy atom. The van der Waals surface area contributed by atoms with E-state index in [0.717, 1.165) is 12.0 Å². The molecule has 0 saturated heterocycles. The quantitative estimate of drug-likeness (QED) is 0.429. The van der Waals surface area contributed by atoms with Gasteiger partial charge in [0.2, 0.25) is 0 Å². The Morgan fingerprint density at radius 3 is 2.44 bits per heavy atom. The lowest BCUT2D eigenvalue weighted by Crippen LogP contribution is -2.10. The van der Waals surface area contributed by atoms with Crippen molar-refractivity contribution in [2.75, 3.05) is 13.3 Å². The second-order valence-corrected chi connectivity index (χ2v) is 5.72. The highest BCUT2D eigenvalue weighted by Crippen LogP contribution is 2.13. The molecule has 0 aromatic heterocycles. The van der Waals surface area contributed by atoms with E-state index < -0.39 is 9.52 Å². The summed E-state index contributed by atoms with van der Waals surface area (Å²) in [5.74, 6) is 0.427. The van der Waals surface area contributed by atoms with Crippen molar-refractivity contribution < 1.29 is 14.3 Å². The van der Waals surface area contributed by atoms with Crippen molar-refractivity contribution in [2.45, 2.75) is 5.54 Å². The van der Waals surface area contributed by atoms with Gasteiger partial charge in [-0.1, -0.05) is 12.2 Å². The van der Waals surface area contributed by atoms with Gasteiger partial charge in [0.05, 0.1) is 28.4 Å². The van der Waals surface area contributed by atoms with E-state index in [1.165, 1.54) is 7.11 Å². The summed E-state index contributed by atoms with van der Waals surface area (Å²) < 4.78 is 10.2. The number of benzene rings is 1. The standard InChI is InChI=1S/C14H18O3Si/c1-4-13(5-2)18-10-17-12-8-6-11(7-9-12)14(15)16-3/h4-9,13H,1-2,10,18H2,3H3. The fraction of sp³-hybridized carbons (Fsp3) is 0.214. The van der Waals surface area contributed by atoms with Crippen molar-refractivity contribution in [2.24, 2.45) is 0 Å². The molecule has 0 fully saturated rings. The molecule has 1 aromatic rings. The number of allylic oxidation sites excluding steroid dienone is 2. The molecule has 96 valence electrons. The number of rotatable bonds is 7. The van der Waals surface area contributed by atoms with Crippen molar-refractivity contribution in [1.82, 2.24) is 0 Å². The van der Waals surface area contributed by atoms with Crippen molar-refractivity contribution in [3.63, 3.8) is 0 Å². The van der Waals surface area contributed by atoms with Gasteiger partial charge in [0.1, 0.15) is 5.75 Å². The summed E-state index contributed by atoms with van der Waals surface area (Å²) in [5.41, 5.74) is 0.927. The highest BCUT2D eigenvalue weighted by atomic mass is 28.2. The van der Waals surface area contributed by atoms with E-state index in [4.69, 9.17) is 4.74 Å². The van der Waals surface area contributed by atoms with Crippen LogP contribution in [0.3, 0.4) is 0 Å². The Kier molecular flexibility index (Phi) is 5.94. The SMILES string of the molecule is C=CC(C=C)[SiH2]COc1ccc(C(=O)OC)cc1. The number of esters is 1. The van der Waals surface area contributed by atoms with Crippen molar-refractivity contribution in [1.29, 1.82) is 0 Å². The molecule has 0 spiro atoms. The van der Waals surface area contributed by atoms with Crippen LogP contribution in [0.15, 0.2) is 49.6 Å². The zero-order valence-corrected chi connectivity index (χ0v) is 12.0. The average molecular weight is 262 g/mol. The molecule has 0 N–H and O–H groups in total. The second-order valence-electron chi connectivity index (χ2n) is 3.79. The third-order valence-corrected chi connectivity index (χ3v) is 4.37. The molecular weight excluding hydrogens is 244 g/mol. The molecule has 0 saturated carbocycles. The maximum Gasteiger partial charge on any atom is 0.337 e. The molecule has 0 amide bonds. The molecule has 0 aliphatic rings. The summed E-state index contributed by atoms with van der Waals surface area (Å²) in [7, 11) is 0.966. The van der Waals surface area contributed by atoms with Crippen LogP contribution in [0.25, 0.3) is 0 Å². The first-order valence-corrected chi connectivity index (χ1v) is 7.59. The normalized spacial score (nSPS) is 10.6. The average Bonchev–Trinajstić information content (AvgIpc) is 2.43. The van der Waals surface area contributed by atoms with Gasteiger partial charge in [0, 0.05) is 0 Å². The van der Waals surface area contributed by atoms with Gasteiger partial charge in [-0.15, -0.1) is 13.2 Å². The molecule has 4 heteroatoms. The lowest BCUT2D eigenvalue weighted by molar-refractivity contribution is 0.0600. The van der Waals surface area contributed by atoms with Crippen LogP contribution >= 0.6 is 0 Å². The molecule has 0 atom stereocenters. The van der Waals surface area contributed by atoms with E-state index in [9.17, 15) is 4.79 Å². The maximum absolute atomic E-state index is 11.2. The Hall–Kier alpha value is -1.81. The largest absolute Gasteiger partial charge is 0.498 e. The maximum atomic E-state index is 11.2. The zero-order valence-electron chi connectivity index (χ0n) is 10.6. The van der Waals surface area contributed by atoms with Gasteiger partial charge in [-0.2, -0.15) is 0 Å². The van der Waals surface area contributed by atoms with Crippen LogP contribution in [0.4, 0.5) is 0 Å². The fourth-order valence-electron chi connectivity index (χ4n) is 1.45. The van der Waals surface area contributed by atoms with Crippen LogP contribution in [0.5, 0.6) is 5.75 Å². The van der Waals surface area contributed by atoms with E-state index in [1.54, 1.807) is 24.3 Å².